The van der Waals surface area contributed by atoms with Crippen molar-refractivity contribution >= 4 is 5.97 Å². The lowest BCUT2D eigenvalue weighted by atomic mass is 10.1. The second-order valence-electron chi connectivity index (χ2n) is 9.32. The highest BCUT2D eigenvalue weighted by molar-refractivity contribution is 5.79. The fourth-order valence-electron chi connectivity index (χ4n) is 3.81. The highest BCUT2D eigenvalue weighted by Gasteiger charge is 2.32. The lowest BCUT2D eigenvalue weighted by Crippen LogP contribution is -2.39. The number of nitrogens with zero attached hydrogens (tertiary/aromatic N) is 3. The summed E-state index contributed by atoms with van der Waals surface area (Å²) < 4.78 is 51.3. The van der Waals surface area contributed by atoms with Gasteiger partial charge in [0.05, 0.1) is 23.6 Å². The van der Waals surface area contributed by atoms with Crippen LogP contribution in [-0.4, -0.2) is 39.9 Å². The molecule has 0 atom stereocenters. The molecule has 0 N–H and O–H groups in total. The molecule has 0 unspecified atom stereocenters. The fourth-order valence-corrected chi connectivity index (χ4v) is 3.81. The SMILES string of the molecule is CCOC(=O)C(C)(C)Oc1ccc(CN(C)Cc2cc(-c3ccc(C(F)(F)F)cc3)nn2C)cc1C. The zero-order chi connectivity index (χ0) is 26.7. The van der Waals surface area contributed by atoms with Crippen LogP contribution < -0.4 is 4.74 Å². The number of esters is 1. The van der Waals surface area contributed by atoms with Crippen LogP contribution in [0, 0.1) is 6.92 Å². The molecule has 1 heterocycles. The Bertz CT molecular complexity index is 1200. The fraction of sp³-hybridized carbons (Fsp3) is 0.407. The van der Waals surface area contributed by atoms with Crippen LogP contribution in [0.3, 0.4) is 0 Å². The molecule has 0 spiro atoms. The highest BCUT2D eigenvalue weighted by atomic mass is 19.4. The molecule has 0 aliphatic carbocycles. The van der Waals surface area contributed by atoms with Crippen LogP contribution in [0.25, 0.3) is 11.3 Å². The van der Waals surface area contributed by atoms with Crippen molar-refractivity contribution in [1.29, 1.82) is 0 Å². The molecule has 3 aromatic rings. The van der Waals surface area contributed by atoms with Gasteiger partial charge in [-0.2, -0.15) is 18.3 Å². The monoisotopic (exact) mass is 503 g/mol. The Morgan fingerprint density at radius 2 is 1.72 bits per heavy atom. The number of carbonyl (C=O) groups is 1. The van der Waals surface area contributed by atoms with Gasteiger partial charge in [-0.15, -0.1) is 0 Å². The highest BCUT2D eigenvalue weighted by Crippen LogP contribution is 2.31. The topological polar surface area (TPSA) is 56.6 Å². The Balaban J connectivity index is 1.66. The number of hydrogen-bond acceptors (Lipinski definition) is 5. The predicted molar refractivity (Wildman–Crippen MR) is 131 cm³/mol. The minimum absolute atomic E-state index is 0.290. The lowest BCUT2D eigenvalue weighted by Gasteiger charge is -2.25. The molecule has 9 heteroatoms. The average molecular weight is 504 g/mol. The maximum atomic E-state index is 12.8. The molecule has 0 aliphatic heterocycles. The van der Waals surface area contributed by atoms with Crippen molar-refractivity contribution in [2.75, 3.05) is 13.7 Å². The summed E-state index contributed by atoms with van der Waals surface area (Å²) in [5, 5.41) is 4.47. The van der Waals surface area contributed by atoms with E-state index in [2.05, 4.69) is 10.00 Å². The summed E-state index contributed by atoms with van der Waals surface area (Å²) in [6.07, 6.45) is -4.36. The first-order valence-corrected chi connectivity index (χ1v) is 11.6. The van der Waals surface area contributed by atoms with E-state index in [0.717, 1.165) is 29.0 Å². The first-order valence-electron chi connectivity index (χ1n) is 11.6. The molecule has 0 bridgehead atoms. The summed E-state index contributed by atoms with van der Waals surface area (Å²) >= 11 is 0. The van der Waals surface area contributed by atoms with Gasteiger partial charge in [0.25, 0.3) is 0 Å². The van der Waals surface area contributed by atoms with Gasteiger partial charge in [0.15, 0.2) is 5.60 Å². The van der Waals surface area contributed by atoms with Crippen LogP contribution in [0.1, 0.15) is 43.2 Å². The van der Waals surface area contributed by atoms with Gasteiger partial charge in [-0.05, 0) is 70.1 Å². The average Bonchev–Trinajstić information content (AvgIpc) is 3.15. The van der Waals surface area contributed by atoms with Crippen molar-refractivity contribution in [1.82, 2.24) is 14.7 Å². The molecular formula is C27H32F3N3O3. The third-order valence-corrected chi connectivity index (χ3v) is 5.74. The molecule has 0 saturated carbocycles. The summed E-state index contributed by atoms with van der Waals surface area (Å²) in [6.45, 7) is 8.58. The van der Waals surface area contributed by atoms with Gasteiger partial charge >= 0.3 is 12.1 Å². The third-order valence-electron chi connectivity index (χ3n) is 5.74. The zero-order valence-electron chi connectivity index (χ0n) is 21.4. The Hall–Kier alpha value is -3.33. The maximum Gasteiger partial charge on any atom is 0.416 e. The number of ether oxygens (including phenoxy) is 2. The summed E-state index contributed by atoms with van der Waals surface area (Å²) in [7, 11) is 3.80. The van der Waals surface area contributed by atoms with Crippen LogP contribution in [0.2, 0.25) is 0 Å². The second kappa shape index (κ2) is 10.7. The van der Waals surface area contributed by atoms with Gasteiger partial charge in [0.1, 0.15) is 5.75 Å². The summed E-state index contributed by atoms with van der Waals surface area (Å²) in [5.74, 6) is 0.201. The molecule has 0 fully saturated rings. The molecule has 194 valence electrons. The first-order chi connectivity index (χ1) is 16.8. The van der Waals surface area contributed by atoms with E-state index in [1.807, 2.05) is 45.3 Å². The number of benzene rings is 2. The number of carbonyl (C=O) groups excluding carboxylic acids is 1. The largest absolute Gasteiger partial charge is 0.476 e. The van der Waals surface area contributed by atoms with Crippen molar-refractivity contribution in [3.05, 3.63) is 70.9 Å². The van der Waals surface area contributed by atoms with Gasteiger partial charge < -0.3 is 9.47 Å². The van der Waals surface area contributed by atoms with Crippen LogP contribution in [0.5, 0.6) is 5.75 Å². The number of aromatic nitrogens is 2. The summed E-state index contributed by atoms with van der Waals surface area (Å²) in [4.78, 5) is 14.3. The minimum atomic E-state index is -4.36. The maximum absolute atomic E-state index is 12.8. The van der Waals surface area contributed by atoms with E-state index in [1.165, 1.54) is 12.1 Å². The Labute approximate surface area is 209 Å². The number of alkyl halides is 3. The van der Waals surface area contributed by atoms with Gasteiger partial charge in [0.2, 0.25) is 0 Å². The van der Waals surface area contributed by atoms with Crippen molar-refractivity contribution in [2.45, 2.75) is 52.6 Å². The second-order valence-corrected chi connectivity index (χ2v) is 9.32. The third kappa shape index (κ3) is 6.66. The van der Waals surface area contributed by atoms with E-state index >= 15 is 0 Å². The molecule has 6 nitrogen and oxygen atoms in total. The van der Waals surface area contributed by atoms with Gasteiger partial charge in [0, 0.05) is 25.7 Å². The van der Waals surface area contributed by atoms with Gasteiger partial charge in [-0.25, -0.2) is 4.79 Å². The Kier molecular flexibility index (Phi) is 8.13. The summed E-state index contributed by atoms with van der Waals surface area (Å²) in [5.41, 5.74) is 2.38. The van der Waals surface area contributed by atoms with E-state index in [4.69, 9.17) is 9.47 Å². The van der Waals surface area contributed by atoms with Crippen molar-refractivity contribution in [2.24, 2.45) is 7.05 Å². The lowest BCUT2D eigenvalue weighted by molar-refractivity contribution is -0.158. The van der Waals surface area contributed by atoms with Crippen molar-refractivity contribution in [3.63, 3.8) is 0 Å². The van der Waals surface area contributed by atoms with Crippen LogP contribution in [0.15, 0.2) is 48.5 Å². The molecule has 0 aliphatic rings. The van der Waals surface area contributed by atoms with E-state index in [0.29, 0.717) is 36.7 Å². The van der Waals surface area contributed by atoms with Crippen LogP contribution in [0.4, 0.5) is 13.2 Å². The smallest absolute Gasteiger partial charge is 0.416 e. The van der Waals surface area contributed by atoms with Gasteiger partial charge in [-0.1, -0.05) is 24.3 Å². The molecule has 0 radical (unpaired) electrons. The van der Waals surface area contributed by atoms with Crippen molar-refractivity contribution < 1.29 is 27.4 Å². The Morgan fingerprint density at radius 1 is 1.06 bits per heavy atom. The number of aryl methyl sites for hydroxylation is 2. The Morgan fingerprint density at radius 3 is 2.31 bits per heavy atom. The zero-order valence-corrected chi connectivity index (χ0v) is 21.4. The first kappa shape index (κ1) is 27.3. The number of hydrogen-bond donors (Lipinski definition) is 0. The van der Waals surface area contributed by atoms with Crippen LogP contribution >= 0.6 is 0 Å². The predicted octanol–water partition coefficient (Wildman–Crippen LogP) is 5.77. The molecule has 0 amide bonds. The molecule has 0 saturated heterocycles. The number of rotatable bonds is 9. The van der Waals surface area contributed by atoms with E-state index < -0.39 is 23.3 Å². The standard InChI is InChI=1S/C27H32F3N3O3/c1-7-35-25(34)26(3,4)36-24-13-8-19(14-18(24)2)16-32(5)17-22-15-23(31-33(22)6)20-9-11-21(12-10-20)27(28,29)30/h8-15H,7,16-17H2,1-6H3. The van der Waals surface area contributed by atoms with E-state index in [-0.39, 0.29) is 0 Å². The molecule has 1 aromatic heterocycles. The molecular weight excluding hydrogens is 471 g/mol. The quantitative estimate of drug-likeness (QED) is 0.347. The number of halogens is 3. The minimum Gasteiger partial charge on any atom is -0.476 e. The molecule has 3 rings (SSSR count). The van der Waals surface area contributed by atoms with E-state index in [9.17, 15) is 18.0 Å². The molecule has 36 heavy (non-hydrogen) atoms. The van der Waals surface area contributed by atoms with E-state index in [1.54, 1.807) is 25.5 Å². The van der Waals surface area contributed by atoms with Gasteiger partial charge in [-0.3, -0.25) is 9.58 Å². The van der Waals surface area contributed by atoms with Crippen molar-refractivity contribution in [3.8, 4) is 17.0 Å². The van der Waals surface area contributed by atoms with Crippen LogP contribution in [-0.2, 0) is 35.8 Å². The molecule has 2 aromatic carbocycles. The normalized spacial score (nSPS) is 12.2. The summed E-state index contributed by atoms with van der Waals surface area (Å²) in [6, 6.07) is 12.7.